The lowest BCUT2D eigenvalue weighted by Crippen LogP contribution is -2.53. The van der Waals surface area contributed by atoms with E-state index in [-0.39, 0.29) is 11.6 Å². The number of rotatable bonds is 7. The molecular formula is C28H36FN5O2. The van der Waals surface area contributed by atoms with E-state index < -0.39 is 23.2 Å². The average Bonchev–Trinajstić information content (AvgIpc) is 3.21. The Morgan fingerprint density at radius 2 is 1.81 bits per heavy atom. The van der Waals surface area contributed by atoms with E-state index in [0.717, 1.165) is 18.4 Å². The monoisotopic (exact) mass is 493 g/mol. The van der Waals surface area contributed by atoms with E-state index in [4.69, 9.17) is 5.73 Å². The minimum atomic E-state index is -0.814. The first-order valence-corrected chi connectivity index (χ1v) is 12.7. The molecule has 2 aromatic carbocycles. The molecule has 1 aliphatic rings. The topological polar surface area (TPSA) is 102 Å². The molecule has 1 saturated carbocycles. The van der Waals surface area contributed by atoms with E-state index in [1.165, 1.54) is 25.3 Å². The summed E-state index contributed by atoms with van der Waals surface area (Å²) in [5.41, 5.74) is 7.20. The fraction of sp³-hybridized carbons (Fsp3) is 0.464. The SMILES string of the molecule is CC(C)(C)C(NC(=O)c1nn(CC2CCCCC2)c2c(F)cccc12)C(=O)NCc1ccc(N)cc1. The van der Waals surface area contributed by atoms with Crippen LogP contribution in [-0.2, 0) is 17.9 Å². The van der Waals surface area contributed by atoms with E-state index in [0.29, 0.717) is 35.6 Å². The lowest BCUT2D eigenvalue weighted by molar-refractivity contribution is -0.125. The number of aromatic nitrogens is 2. The van der Waals surface area contributed by atoms with Gasteiger partial charge in [0.15, 0.2) is 5.69 Å². The standard InChI is InChI=1S/C28H36FN5O2/c1-28(2,3)25(27(36)31-16-18-12-14-20(30)15-13-18)32-26(35)23-21-10-7-11-22(29)24(21)34(33-23)17-19-8-5-4-6-9-19/h7,10-15,19,25H,4-6,8-9,16-17,30H2,1-3H3,(H,31,36)(H,32,35). The van der Waals surface area contributed by atoms with Crippen LogP contribution < -0.4 is 16.4 Å². The Balaban J connectivity index is 1.55. The number of amides is 2. The number of nitrogens with two attached hydrogens (primary N) is 1. The molecule has 4 N–H and O–H groups in total. The molecule has 192 valence electrons. The van der Waals surface area contributed by atoms with Gasteiger partial charge in [0.1, 0.15) is 17.4 Å². The first kappa shape index (κ1) is 25.7. The Morgan fingerprint density at radius 1 is 1.11 bits per heavy atom. The molecule has 3 aromatic rings. The normalized spacial score (nSPS) is 15.6. The maximum absolute atomic E-state index is 14.9. The molecule has 0 saturated heterocycles. The predicted octanol–water partition coefficient (Wildman–Crippen LogP) is 4.80. The van der Waals surface area contributed by atoms with Gasteiger partial charge in [0, 0.05) is 24.2 Å². The maximum atomic E-state index is 14.9. The summed E-state index contributed by atoms with van der Waals surface area (Å²) in [6.07, 6.45) is 5.72. The molecule has 0 spiro atoms. The molecule has 1 atom stereocenters. The number of nitrogen functional groups attached to an aromatic ring is 1. The molecule has 4 rings (SSSR count). The molecule has 1 fully saturated rings. The van der Waals surface area contributed by atoms with Gasteiger partial charge in [0.25, 0.3) is 5.91 Å². The summed E-state index contributed by atoms with van der Waals surface area (Å²) < 4.78 is 16.5. The van der Waals surface area contributed by atoms with Crippen molar-refractivity contribution >= 4 is 28.4 Å². The fourth-order valence-corrected chi connectivity index (χ4v) is 4.91. The van der Waals surface area contributed by atoms with E-state index in [1.54, 1.807) is 28.9 Å². The number of carbonyl (C=O) groups is 2. The van der Waals surface area contributed by atoms with Crippen LogP contribution in [0.1, 0.15) is 68.9 Å². The third kappa shape index (κ3) is 5.86. The Bertz CT molecular complexity index is 1220. The lowest BCUT2D eigenvalue weighted by atomic mass is 9.86. The van der Waals surface area contributed by atoms with Crippen molar-refractivity contribution in [2.45, 2.75) is 72.0 Å². The zero-order valence-corrected chi connectivity index (χ0v) is 21.3. The number of hydrogen-bond donors (Lipinski definition) is 3. The molecule has 1 aliphatic carbocycles. The first-order valence-electron chi connectivity index (χ1n) is 12.7. The van der Waals surface area contributed by atoms with Gasteiger partial charge in [-0.05, 0) is 47.9 Å². The molecule has 0 aliphatic heterocycles. The summed E-state index contributed by atoms with van der Waals surface area (Å²) in [5, 5.41) is 10.8. The van der Waals surface area contributed by atoms with Crippen LogP contribution in [-0.4, -0.2) is 27.6 Å². The van der Waals surface area contributed by atoms with Crippen LogP contribution in [0.3, 0.4) is 0 Å². The molecule has 1 unspecified atom stereocenters. The van der Waals surface area contributed by atoms with Crippen molar-refractivity contribution in [1.29, 1.82) is 0 Å². The van der Waals surface area contributed by atoms with E-state index in [9.17, 15) is 14.0 Å². The van der Waals surface area contributed by atoms with Gasteiger partial charge in [-0.25, -0.2) is 4.39 Å². The maximum Gasteiger partial charge on any atom is 0.273 e. The molecule has 7 nitrogen and oxygen atoms in total. The van der Waals surface area contributed by atoms with Crippen LogP contribution in [0.15, 0.2) is 42.5 Å². The van der Waals surface area contributed by atoms with Gasteiger partial charge in [0.05, 0.1) is 0 Å². The number of anilines is 1. The molecule has 0 bridgehead atoms. The second kappa shape index (κ2) is 10.7. The molecular weight excluding hydrogens is 457 g/mol. The minimum absolute atomic E-state index is 0.140. The van der Waals surface area contributed by atoms with Gasteiger partial charge < -0.3 is 16.4 Å². The van der Waals surface area contributed by atoms with Crippen molar-refractivity contribution in [2.24, 2.45) is 11.3 Å². The quantitative estimate of drug-likeness (QED) is 0.412. The zero-order valence-electron chi connectivity index (χ0n) is 21.3. The van der Waals surface area contributed by atoms with Crippen molar-refractivity contribution in [3.8, 4) is 0 Å². The Labute approximate surface area is 211 Å². The molecule has 1 aromatic heterocycles. The number of para-hydroxylation sites is 1. The smallest absolute Gasteiger partial charge is 0.273 e. The minimum Gasteiger partial charge on any atom is -0.399 e. The molecule has 2 amide bonds. The van der Waals surface area contributed by atoms with E-state index in [2.05, 4.69) is 15.7 Å². The van der Waals surface area contributed by atoms with Crippen molar-refractivity contribution in [1.82, 2.24) is 20.4 Å². The summed E-state index contributed by atoms with van der Waals surface area (Å²) in [6, 6.07) is 11.1. The second-order valence-corrected chi connectivity index (χ2v) is 10.9. The van der Waals surface area contributed by atoms with Gasteiger partial charge in [-0.2, -0.15) is 5.10 Å². The van der Waals surface area contributed by atoms with Gasteiger partial charge in [-0.15, -0.1) is 0 Å². The van der Waals surface area contributed by atoms with Crippen molar-refractivity contribution in [3.05, 3.63) is 59.5 Å². The van der Waals surface area contributed by atoms with Crippen LogP contribution in [0.2, 0.25) is 0 Å². The summed E-state index contributed by atoms with van der Waals surface area (Å²) >= 11 is 0. The highest BCUT2D eigenvalue weighted by molar-refractivity contribution is 6.06. The zero-order chi connectivity index (χ0) is 25.9. The summed E-state index contributed by atoms with van der Waals surface area (Å²) in [4.78, 5) is 26.6. The highest BCUT2D eigenvalue weighted by atomic mass is 19.1. The summed E-state index contributed by atoms with van der Waals surface area (Å²) in [5.74, 6) is -0.775. The Kier molecular flexibility index (Phi) is 7.62. The number of hydrogen-bond acceptors (Lipinski definition) is 4. The number of halogens is 1. The van der Waals surface area contributed by atoms with Gasteiger partial charge >= 0.3 is 0 Å². The van der Waals surface area contributed by atoms with Crippen LogP contribution in [0.4, 0.5) is 10.1 Å². The average molecular weight is 494 g/mol. The second-order valence-electron chi connectivity index (χ2n) is 10.9. The molecule has 1 heterocycles. The highest BCUT2D eigenvalue weighted by Gasteiger charge is 2.34. The number of benzene rings is 2. The first-order chi connectivity index (χ1) is 17.1. The molecule has 8 heteroatoms. The van der Waals surface area contributed by atoms with Crippen LogP contribution in [0.5, 0.6) is 0 Å². The summed E-state index contributed by atoms with van der Waals surface area (Å²) in [7, 11) is 0. The third-order valence-corrected chi connectivity index (χ3v) is 6.94. The van der Waals surface area contributed by atoms with Crippen LogP contribution in [0, 0.1) is 17.2 Å². The molecule has 36 heavy (non-hydrogen) atoms. The largest absolute Gasteiger partial charge is 0.399 e. The van der Waals surface area contributed by atoms with Gasteiger partial charge in [-0.1, -0.05) is 64.3 Å². The van der Waals surface area contributed by atoms with Crippen LogP contribution >= 0.6 is 0 Å². The fourth-order valence-electron chi connectivity index (χ4n) is 4.91. The van der Waals surface area contributed by atoms with Gasteiger partial charge in [-0.3, -0.25) is 14.3 Å². The number of carbonyl (C=O) groups excluding carboxylic acids is 2. The van der Waals surface area contributed by atoms with Crippen molar-refractivity contribution in [3.63, 3.8) is 0 Å². The summed E-state index contributed by atoms with van der Waals surface area (Å²) in [6.45, 7) is 6.56. The van der Waals surface area contributed by atoms with Gasteiger partial charge in [0.2, 0.25) is 5.91 Å². The Hall–Kier alpha value is -3.42. The third-order valence-electron chi connectivity index (χ3n) is 6.94. The van der Waals surface area contributed by atoms with Crippen molar-refractivity contribution in [2.75, 3.05) is 5.73 Å². The van der Waals surface area contributed by atoms with E-state index >= 15 is 0 Å². The van der Waals surface area contributed by atoms with Crippen LogP contribution in [0.25, 0.3) is 10.9 Å². The lowest BCUT2D eigenvalue weighted by Gasteiger charge is -2.30. The number of nitrogens with zero attached hydrogens (tertiary/aromatic N) is 2. The van der Waals surface area contributed by atoms with Crippen molar-refractivity contribution < 1.29 is 14.0 Å². The highest BCUT2D eigenvalue weighted by Crippen LogP contribution is 2.29. The number of fused-ring (bicyclic) bond motifs is 1. The van der Waals surface area contributed by atoms with E-state index in [1.807, 2.05) is 32.9 Å². The number of nitrogens with one attached hydrogen (secondary N) is 2. The molecule has 0 radical (unpaired) electrons. The predicted molar refractivity (Wildman–Crippen MR) is 140 cm³/mol. The Morgan fingerprint density at radius 3 is 2.47 bits per heavy atom.